The molecule has 2 N–H and O–H groups in total. The average molecular weight is 385 g/mol. The molecule has 0 bridgehead atoms. The van der Waals surface area contributed by atoms with Crippen LogP contribution in [0.4, 0.5) is 0 Å². The molecule has 142 valence electrons. The predicted molar refractivity (Wildman–Crippen MR) is 102 cm³/mol. The third-order valence-electron chi connectivity index (χ3n) is 5.61. The zero-order valence-electron chi connectivity index (χ0n) is 15.3. The summed E-state index contributed by atoms with van der Waals surface area (Å²) in [6, 6.07) is 8.46. The molecule has 0 heterocycles. The first-order valence-electron chi connectivity index (χ1n) is 9.34. The highest BCUT2D eigenvalue weighted by molar-refractivity contribution is 7.90. The minimum atomic E-state index is -4.02. The van der Waals surface area contributed by atoms with Gasteiger partial charge in [0, 0.05) is 0 Å². The Bertz CT molecular complexity index is 977. The van der Waals surface area contributed by atoms with Crippen LogP contribution in [0.1, 0.15) is 52.3 Å². The minimum Gasteiger partial charge on any atom is -0.378 e. The molecular weight excluding hydrogens is 362 g/mol. The standard InChI is InChI=1S/C21H23NO4S/c1-13-8-10-16(11-9-13)27(25,26)22-21(24)20(23)19-17-6-2-4-14(17)12-15-5-3-7-18(15)19/h8-12,20,23H,2-7H2,1H3,(H,22,24). The lowest BCUT2D eigenvalue weighted by molar-refractivity contribution is -0.127. The van der Waals surface area contributed by atoms with Crippen LogP contribution in [0.2, 0.25) is 0 Å². The van der Waals surface area contributed by atoms with Gasteiger partial charge in [-0.05, 0) is 85.4 Å². The van der Waals surface area contributed by atoms with Crippen molar-refractivity contribution in [1.29, 1.82) is 0 Å². The quantitative estimate of drug-likeness (QED) is 0.847. The SMILES string of the molecule is Cc1ccc(S(=O)(=O)NC(=O)C(O)c2c3c(cc4c2CCC4)CCC3)cc1. The number of rotatable bonds is 4. The van der Waals surface area contributed by atoms with E-state index < -0.39 is 22.0 Å². The van der Waals surface area contributed by atoms with Gasteiger partial charge >= 0.3 is 0 Å². The lowest BCUT2D eigenvalue weighted by Gasteiger charge is -2.20. The molecule has 4 rings (SSSR count). The normalized spacial score (nSPS) is 16.7. The Hall–Kier alpha value is -2.18. The predicted octanol–water partition coefficient (Wildman–Crippen LogP) is 2.51. The number of hydrogen-bond donors (Lipinski definition) is 2. The largest absolute Gasteiger partial charge is 0.378 e. The summed E-state index contributed by atoms with van der Waals surface area (Å²) in [7, 11) is -4.02. The first kappa shape index (κ1) is 18.2. The molecule has 1 amide bonds. The van der Waals surface area contributed by atoms with Crippen molar-refractivity contribution in [3.63, 3.8) is 0 Å². The molecule has 2 aromatic carbocycles. The smallest absolute Gasteiger partial charge is 0.267 e. The van der Waals surface area contributed by atoms with Gasteiger partial charge in [0.1, 0.15) is 0 Å². The van der Waals surface area contributed by atoms with Crippen LogP contribution in [0.15, 0.2) is 35.2 Å². The fourth-order valence-corrected chi connectivity index (χ4v) is 5.27. The fraction of sp³-hybridized carbons (Fsp3) is 0.381. The van der Waals surface area contributed by atoms with Crippen LogP contribution >= 0.6 is 0 Å². The molecular formula is C21H23NO4S. The second kappa shape index (κ2) is 6.77. The lowest BCUT2D eigenvalue weighted by atomic mass is 9.90. The number of aryl methyl sites for hydroxylation is 3. The Morgan fingerprint density at radius 2 is 1.56 bits per heavy atom. The molecule has 0 fully saturated rings. The summed E-state index contributed by atoms with van der Waals surface area (Å²) >= 11 is 0. The summed E-state index contributed by atoms with van der Waals surface area (Å²) in [5.74, 6) is -0.884. The zero-order valence-corrected chi connectivity index (χ0v) is 16.1. The molecule has 2 aliphatic carbocycles. The number of aliphatic hydroxyl groups is 1. The average Bonchev–Trinajstić information content (AvgIpc) is 3.27. The Morgan fingerprint density at radius 1 is 1.00 bits per heavy atom. The third-order valence-corrected chi connectivity index (χ3v) is 6.97. The molecule has 0 aromatic heterocycles. The second-order valence-corrected chi connectivity index (χ2v) is 9.14. The molecule has 27 heavy (non-hydrogen) atoms. The molecule has 5 nitrogen and oxygen atoms in total. The molecule has 0 spiro atoms. The number of nitrogens with one attached hydrogen (secondary N) is 1. The first-order valence-corrected chi connectivity index (χ1v) is 10.8. The minimum absolute atomic E-state index is 0.0113. The molecule has 0 saturated heterocycles. The Balaban J connectivity index is 1.65. The van der Waals surface area contributed by atoms with E-state index in [-0.39, 0.29) is 4.90 Å². The first-order chi connectivity index (χ1) is 12.9. The van der Waals surface area contributed by atoms with E-state index in [1.807, 2.05) is 6.92 Å². The van der Waals surface area contributed by atoms with E-state index in [9.17, 15) is 18.3 Å². The van der Waals surface area contributed by atoms with E-state index in [4.69, 9.17) is 0 Å². The van der Waals surface area contributed by atoms with E-state index in [1.165, 1.54) is 23.3 Å². The van der Waals surface area contributed by atoms with Gasteiger partial charge in [-0.15, -0.1) is 0 Å². The molecule has 2 aliphatic rings. The van der Waals surface area contributed by atoms with Crippen LogP contribution in [-0.4, -0.2) is 19.4 Å². The lowest BCUT2D eigenvalue weighted by Crippen LogP contribution is -2.35. The van der Waals surface area contributed by atoms with Crippen molar-refractivity contribution >= 4 is 15.9 Å². The van der Waals surface area contributed by atoms with E-state index in [1.54, 1.807) is 12.1 Å². The van der Waals surface area contributed by atoms with E-state index in [0.717, 1.165) is 55.2 Å². The van der Waals surface area contributed by atoms with Gasteiger partial charge in [-0.3, -0.25) is 4.79 Å². The van der Waals surface area contributed by atoms with Crippen molar-refractivity contribution in [2.24, 2.45) is 0 Å². The molecule has 1 atom stereocenters. The van der Waals surface area contributed by atoms with Crippen LogP contribution in [0.5, 0.6) is 0 Å². The molecule has 0 radical (unpaired) electrons. The van der Waals surface area contributed by atoms with Crippen molar-refractivity contribution in [2.45, 2.75) is 56.4 Å². The van der Waals surface area contributed by atoms with E-state index in [0.29, 0.717) is 5.56 Å². The second-order valence-electron chi connectivity index (χ2n) is 7.46. The summed E-state index contributed by atoms with van der Waals surface area (Å²) in [6.07, 6.45) is 4.09. The number of benzene rings is 2. The maximum atomic E-state index is 12.7. The summed E-state index contributed by atoms with van der Waals surface area (Å²) in [4.78, 5) is 12.7. The molecule has 6 heteroatoms. The Labute approximate surface area is 159 Å². The highest BCUT2D eigenvalue weighted by atomic mass is 32.2. The van der Waals surface area contributed by atoms with Gasteiger partial charge in [0.2, 0.25) is 0 Å². The topological polar surface area (TPSA) is 83.5 Å². The number of fused-ring (bicyclic) bond motifs is 2. The van der Waals surface area contributed by atoms with Crippen LogP contribution in [0.25, 0.3) is 0 Å². The number of hydrogen-bond acceptors (Lipinski definition) is 4. The number of aliphatic hydroxyl groups excluding tert-OH is 1. The van der Waals surface area contributed by atoms with Crippen molar-refractivity contribution < 1.29 is 18.3 Å². The highest BCUT2D eigenvalue weighted by Gasteiger charge is 2.32. The Morgan fingerprint density at radius 3 is 2.11 bits per heavy atom. The summed E-state index contributed by atoms with van der Waals surface area (Å²) in [5.41, 5.74) is 6.03. The highest BCUT2D eigenvalue weighted by Crippen LogP contribution is 2.38. The summed E-state index contributed by atoms with van der Waals surface area (Å²) in [6.45, 7) is 1.86. The summed E-state index contributed by atoms with van der Waals surface area (Å²) < 4.78 is 27.1. The Kier molecular flexibility index (Phi) is 4.56. The zero-order chi connectivity index (χ0) is 19.2. The molecule has 2 aromatic rings. The van der Waals surface area contributed by atoms with Crippen molar-refractivity contribution in [1.82, 2.24) is 4.72 Å². The fourth-order valence-electron chi connectivity index (χ4n) is 4.29. The van der Waals surface area contributed by atoms with Crippen molar-refractivity contribution in [3.8, 4) is 0 Å². The van der Waals surface area contributed by atoms with E-state index >= 15 is 0 Å². The maximum Gasteiger partial charge on any atom is 0.267 e. The number of sulfonamides is 1. The van der Waals surface area contributed by atoms with Gasteiger partial charge in [-0.25, -0.2) is 13.1 Å². The molecule has 1 unspecified atom stereocenters. The van der Waals surface area contributed by atoms with E-state index in [2.05, 4.69) is 10.8 Å². The van der Waals surface area contributed by atoms with Gasteiger partial charge in [0.15, 0.2) is 6.10 Å². The van der Waals surface area contributed by atoms with Crippen molar-refractivity contribution in [3.05, 3.63) is 63.7 Å². The van der Waals surface area contributed by atoms with Gasteiger partial charge in [-0.1, -0.05) is 23.8 Å². The van der Waals surface area contributed by atoms with Crippen molar-refractivity contribution in [2.75, 3.05) is 0 Å². The maximum absolute atomic E-state index is 12.7. The van der Waals surface area contributed by atoms with Crippen LogP contribution in [0.3, 0.4) is 0 Å². The number of carbonyl (C=O) groups excluding carboxylic acids is 1. The third kappa shape index (κ3) is 3.28. The van der Waals surface area contributed by atoms with Gasteiger partial charge in [0.05, 0.1) is 4.90 Å². The number of amides is 1. The summed E-state index contributed by atoms with van der Waals surface area (Å²) in [5, 5.41) is 10.8. The van der Waals surface area contributed by atoms with Crippen LogP contribution < -0.4 is 4.72 Å². The molecule has 0 aliphatic heterocycles. The van der Waals surface area contributed by atoms with Gasteiger partial charge in [0.25, 0.3) is 15.9 Å². The van der Waals surface area contributed by atoms with Crippen LogP contribution in [-0.2, 0) is 40.5 Å². The van der Waals surface area contributed by atoms with Gasteiger partial charge in [-0.2, -0.15) is 0 Å². The monoisotopic (exact) mass is 385 g/mol. The van der Waals surface area contributed by atoms with Gasteiger partial charge < -0.3 is 5.11 Å². The molecule has 0 saturated carbocycles. The number of carbonyl (C=O) groups is 1. The van der Waals surface area contributed by atoms with Crippen LogP contribution in [0, 0.1) is 6.92 Å².